The molecule has 0 unspecified atom stereocenters. The lowest BCUT2D eigenvalue weighted by atomic mass is 10.3. The predicted molar refractivity (Wildman–Crippen MR) is 104 cm³/mol. The van der Waals surface area contributed by atoms with Gasteiger partial charge in [-0.25, -0.2) is 4.98 Å². The topological polar surface area (TPSA) is 51.7 Å². The van der Waals surface area contributed by atoms with Crippen LogP contribution in [0, 0.1) is 0 Å². The number of thiazole rings is 1. The summed E-state index contributed by atoms with van der Waals surface area (Å²) < 4.78 is 12.2. The molecule has 3 rings (SSSR count). The van der Waals surface area contributed by atoms with Crippen LogP contribution in [0.4, 0.5) is 0 Å². The number of carbonyl (C=O) groups excluding carboxylic acids is 1. The summed E-state index contributed by atoms with van der Waals surface area (Å²) in [4.78, 5) is 18.2. The van der Waals surface area contributed by atoms with Crippen LogP contribution in [0.3, 0.4) is 0 Å². The van der Waals surface area contributed by atoms with Crippen LogP contribution in [0.5, 0.6) is 5.75 Å². The maximum atomic E-state index is 12.1. The average molecular weight is 391 g/mol. The van der Waals surface area contributed by atoms with E-state index in [-0.39, 0.29) is 12.5 Å². The molecule has 0 saturated heterocycles. The molecule has 1 aromatic heterocycles. The molecule has 136 valence electrons. The molecule has 0 atom stereocenters. The summed E-state index contributed by atoms with van der Waals surface area (Å²) in [6, 6.07) is 15.2. The highest BCUT2D eigenvalue weighted by Gasteiger charge is 2.10. The second kappa shape index (κ2) is 8.98. The van der Waals surface area contributed by atoms with Crippen LogP contribution in [0.1, 0.15) is 5.01 Å². The molecular formula is C19H19ClN2O3S. The summed E-state index contributed by atoms with van der Waals surface area (Å²) in [5.41, 5.74) is 0.955. The summed E-state index contributed by atoms with van der Waals surface area (Å²) in [5, 5.41) is 1.42. The Labute approximate surface area is 161 Å². The highest BCUT2D eigenvalue weighted by atomic mass is 35.5. The first-order valence-corrected chi connectivity index (χ1v) is 9.36. The maximum absolute atomic E-state index is 12.1. The molecule has 7 heteroatoms. The monoisotopic (exact) mass is 390 g/mol. The normalized spacial score (nSPS) is 10.8. The van der Waals surface area contributed by atoms with Crippen LogP contribution in [-0.2, 0) is 16.1 Å². The number of rotatable bonds is 8. The van der Waals surface area contributed by atoms with Gasteiger partial charge in [0.1, 0.15) is 24.0 Å². The molecule has 0 bridgehead atoms. The first-order chi connectivity index (χ1) is 12.6. The Bertz CT molecular complexity index is 851. The summed E-state index contributed by atoms with van der Waals surface area (Å²) in [6.45, 7) is 1.16. The van der Waals surface area contributed by atoms with Crippen LogP contribution < -0.4 is 4.74 Å². The third-order valence-electron chi connectivity index (χ3n) is 3.74. The Hall–Kier alpha value is -2.15. The van der Waals surface area contributed by atoms with E-state index in [1.54, 1.807) is 35.4 Å². The van der Waals surface area contributed by atoms with Crippen molar-refractivity contribution < 1.29 is 14.3 Å². The molecule has 0 saturated carbocycles. The fraction of sp³-hybridized carbons (Fsp3) is 0.263. The second-order valence-electron chi connectivity index (χ2n) is 5.66. The van der Waals surface area contributed by atoms with Gasteiger partial charge in [0.2, 0.25) is 5.91 Å². The van der Waals surface area contributed by atoms with Crippen molar-refractivity contribution in [2.75, 3.05) is 26.8 Å². The second-order valence-corrected chi connectivity index (χ2v) is 7.18. The van der Waals surface area contributed by atoms with Gasteiger partial charge in [0, 0.05) is 7.05 Å². The molecule has 1 amide bonds. The zero-order chi connectivity index (χ0) is 18.4. The van der Waals surface area contributed by atoms with Crippen molar-refractivity contribution in [1.29, 1.82) is 0 Å². The zero-order valence-electron chi connectivity index (χ0n) is 14.4. The molecule has 0 radical (unpaired) electrons. The lowest BCUT2D eigenvalue weighted by Gasteiger charge is -2.17. The van der Waals surface area contributed by atoms with Gasteiger partial charge in [-0.05, 0) is 24.3 Å². The molecule has 0 aliphatic heterocycles. The first kappa shape index (κ1) is 18.6. The maximum Gasteiger partial charge on any atom is 0.248 e. The highest BCUT2D eigenvalue weighted by Crippen LogP contribution is 2.23. The van der Waals surface area contributed by atoms with Crippen molar-refractivity contribution in [3.8, 4) is 5.75 Å². The minimum atomic E-state index is -0.103. The van der Waals surface area contributed by atoms with Gasteiger partial charge >= 0.3 is 0 Å². The molecule has 0 aliphatic carbocycles. The van der Waals surface area contributed by atoms with E-state index in [1.807, 2.05) is 36.4 Å². The van der Waals surface area contributed by atoms with Crippen LogP contribution in [0.2, 0.25) is 5.02 Å². The van der Waals surface area contributed by atoms with E-state index in [2.05, 4.69) is 4.98 Å². The molecular weight excluding hydrogens is 372 g/mol. The number of hydrogen-bond acceptors (Lipinski definition) is 5. The van der Waals surface area contributed by atoms with Crippen molar-refractivity contribution in [1.82, 2.24) is 9.88 Å². The Morgan fingerprint density at radius 1 is 1.19 bits per heavy atom. The number of amides is 1. The van der Waals surface area contributed by atoms with Gasteiger partial charge < -0.3 is 14.4 Å². The van der Waals surface area contributed by atoms with Crippen LogP contribution in [-0.4, -0.2) is 42.6 Å². The molecule has 26 heavy (non-hydrogen) atoms. The van der Waals surface area contributed by atoms with Crippen LogP contribution in [0.25, 0.3) is 10.2 Å². The number of hydrogen-bond donors (Lipinski definition) is 0. The third-order valence-corrected chi connectivity index (χ3v) is 5.06. The quantitative estimate of drug-likeness (QED) is 0.583. The number of nitrogens with zero attached hydrogens (tertiary/aromatic N) is 2. The fourth-order valence-electron chi connectivity index (χ4n) is 2.30. The summed E-state index contributed by atoms with van der Waals surface area (Å²) >= 11 is 7.60. The Morgan fingerprint density at radius 2 is 1.96 bits per heavy atom. The predicted octanol–water partition coefficient (Wildman–Crippen LogP) is 4.00. The summed E-state index contributed by atoms with van der Waals surface area (Å²) in [5.74, 6) is 0.510. The number of halogens is 1. The fourth-order valence-corrected chi connectivity index (χ4v) is 3.39. The summed E-state index contributed by atoms with van der Waals surface area (Å²) in [6.07, 6.45) is 0. The molecule has 0 aliphatic rings. The van der Waals surface area contributed by atoms with E-state index in [1.165, 1.54) is 0 Å². The van der Waals surface area contributed by atoms with E-state index in [0.717, 1.165) is 15.2 Å². The number of para-hydroxylation sites is 2. The highest BCUT2D eigenvalue weighted by molar-refractivity contribution is 7.18. The molecule has 0 spiro atoms. The van der Waals surface area contributed by atoms with Crippen LogP contribution >= 0.6 is 22.9 Å². The molecule has 2 aromatic carbocycles. The minimum Gasteiger partial charge on any atom is -0.490 e. The van der Waals surface area contributed by atoms with Crippen molar-refractivity contribution in [3.05, 3.63) is 58.6 Å². The van der Waals surface area contributed by atoms with Gasteiger partial charge in [0.05, 0.1) is 28.4 Å². The SMILES string of the molecule is CN(CCOc1ccccc1Cl)C(=O)COCc1nc2ccccc2s1. The van der Waals surface area contributed by atoms with E-state index in [4.69, 9.17) is 21.1 Å². The number of ether oxygens (including phenoxy) is 2. The third kappa shape index (κ3) is 4.94. The largest absolute Gasteiger partial charge is 0.490 e. The van der Waals surface area contributed by atoms with E-state index in [0.29, 0.717) is 30.5 Å². The number of carbonyl (C=O) groups is 1. The van der Waals surface area contributed by atoms with Crippen molar-refractivity contribution in [3.63, 3.8) is 0 Å². The van der Waals surface area contributed by atoms with Crippen LogP contribution in [0.15, 0.2) is 48.5 Å². The van der Waals surface area contributed by atoms with Gasteiger partial charge in [0.15, 0.2) is 0 Å². The number of aromatic nitrogens is 1. The molecule has 0 N–H and O–H groups in total. The van der Waals surface area contributed by atoms with Gasteiger partial charge in [-0.2, -0.15) is 0 Å². The van der Waals surface area contributed by atoms with Crippen molar-refractivity contribution in [2.45, 2.75) is 6.61 Å². The zero-order valence-corrected chi connectivity index (χ0v) is 15.9. The number of benzene rings is 2. The van der Waals surface area contributed by atoms with E-state index in [9.17, 15) is 4.79 Å². The van der Waals surface area contributed by atoms with Gasteiger partial charge in [-0.3, -0.25) is 4.79 Å². The van der Waals surface area contributed by atoms with Crippen molar-refractivity contribution >= 4 is 39.1 Å². The Balaban J connectivity index is 1.39. The van der Waals surface area contributed by atoms with E-state index < -0.39 is 0 Å². The Kier molecular flexibility index (Phi) is 6.44. The molecule has 3 aromatic rings. The minimum absolute atomic E-state index is 0.0124. The van der Waals surface area contributed by atoms with E-state index >= 15 is 0 Å². The lowest BCUT2D eigenvalue weighted by Crippen LogP contribution is -2.33. The van der Waals surface area contributed by atoms with Gasteiger partial charge in [0.25, 0.3) is 0 Å². The standard InChI is InChI=1S/C19H19ClN2O3S/c1-22(10-11-25-16-8-4-2-6-14(16)20)19(23)13-24-12-18-21-15-7-3-5-9-17(15)26-18/h2-9H,10-13H2,1H3. The van der Waals surface area contributed by atoms with Crippen molar-refractivity contribution in [2.24, 2.45) is 0 Å². The van der Waals surface area contributed by atoms with Gasteiger partial charge in [-0.15, -0.1) is 11.3 Å². The summed E-state index contributed by atoms with van der Waals surface area (Å²) in [7, 11) is 1.72. The first-order valence-electron chi connectivity index (χ1n) is 8.17. The number of likely N-dealkylation sites (N-methyl/N-ethyl adjacent to an activating group) is 1. The number of fused-ring (bicyclic) bond motifs is 1. The van der Waals surface area contributed by atoms with Gasteiger partial charge in [-0.1, -0.05) is 35.9 Å². The molecule has 0 fully saturated rings. The lowest BCUT2D eigenvalue weighted by molar-refractivity contribution is -0.135. The Morgan fingerprint density at radius 3 is 2.77 bits per heavy atom. The molecule has 1 heterocycles. The molecule has 5 nitrogen and oxygen atoms in total. The smallest absolute Gasteiger partial charge is 0.248 e. The average Bonchev–Trinajstić information content (AvgIpc) is 3.06.